The fraction of sp³-hybridized carbons (Fsp3) is 0.138. The summed E-state index contributed by atoms with van der Waals surface area (Å²) in [5.74, 6) is -0.564. The lowest BCUT2D eigenvalue weighted by Gasteiger charge is -2.24. The molecule has 0 radical (unpaired) electrons. The highest BCUT2D eigenvalue weighted by molar-refractivity contribution is 6.00. The molecule has 1 aromatic carbocycles. The fourth-order valence-electron chi connectivity index (χ4n) is 4.98. The molecule has 0 spiro atoms. The zero-order valence-corrected chi connectivity index (χ0v) is 20.6. The number of nitrogens with zero attached hydrogens (tertiary/aromatic N) is 4. The molecule has 192 valence electrons. The number of aromatic nitrogens is 6. The van der Waals surface area contributed by atoms with Gasteiger partial charge in [0.05, 0.1) is 35.0 Å². The number of hydrogen-bond acceptors (Lipinski definition) is 6. The topological polar surface area (TPSA) is 132 Å². The van der Waals surface area contributed by atoms with Gasteiger partial charge in [0.2, 0.25) is 5.91 Å². The van der Waals surface area contributed by atoms with E-state index in [9.17, 15) is 14.3 Å². The molecule has 1 aliphatic carbocycles. The number of phenolic OH excluding ortho intramolecular Hbond substituents is 1. The summed E-state index contributed by atoms with van der Waals surface area (Å²) in [6.45, 7) is 0. The highest BCUT2D eigenvalue weighted by atomic mass is 19.1. The average molecular weight is 520 g/mol. The molecule has 0 saturated heterocycles. The molecule has 10 heteroatoms. The number of hydrogen-bond donors (Lipinski definition) is 4. The number of aromatic amines is 2. The summed E-state index contributed by atoms with van der Waals surface area (Å²) in [7, 11) is 0. The highest BCUT2D eigenvalue weighted by Crippen LogP contribution is 2.35. The third-order valence-corrected chi connectivity index (χ3v) is 7.21. The van der Waals surface area contributed by atoms with Crippen molar-refractivity contribution in [3.63, 3.8) is 0 Å². The van der Waals surface area contributed by atoms with E-state index < -0.39 is 5.82 Å². The normalized spacial score (nSPS) is 13.6. The maximum atomic E-state index is 14.0. The largest absolute Gasteiger partial charge is 0.508 e. The molecule has 1 amide bonds. The third kappa shape index (κ3) is 4.15. The number of fused-ring (bicyclic) bond motifs is 2. The molecule has 4 N–H and O–H groups in total. The predicted molar refractivity (Wildman–Crippen MR) is 145 cm³/mol. The summed E-state index contributed by atoms with van der Waals surface area (Å²) in [6, 6.07) is 11.4. The van der Waals surface area contributed by atoms with E-state index in [4.69, 9.17) is 0 Å². The van der Waals surface area contributed by atoms with Gasteiger partial charge in [0, 0.05) is 40.7 Å². The molecule has 0 unspecified atom stereocenters. The van der Waals surface area contributed by atoms with Crippen LogP contribution in [0.4, 0.5) is 10.1 Å². The SMILES string of the molecule is O=C(Nc1cncc(-c2cc3c(-c4cc5c(-c6cc(O)cc(F)c6)ccnc5[nH]4)n[nH]c3cn2)c1)C1CCC1. The first-order chi connectivity index (χ1) is 19.0. The number of aromatic hydroxyl groups is 1. The van der Waals surface area contributed by atoms with Gasteiger partial charge in [-0.15, -0.1) is 0 Å². The van der Waals surface area contributed by atoms with E-state index in [1.54, 1.807) is 30.9 Å². The van der Waals surface area contributed by atoms with Crippen molar-refractivity contribution in [2.75, 3.05) is 5.32 Å². The molecule has 5 aromatic heterocycles. The standard InChI is InChI=1S/C29H22FN7O2/c30-18-6-16(8-20(38)9-18)21-4-5-32-28-22(21)10-25(35-28)27-23-11-24(33-14-26(23)36-37-27)17-7-19(13-31-12-17)34-29(39)15-2-1-3-15/h4-15,38H,1-3H2,(H,32,35)(H,34,39)(H,36,37). The first-order valence-corrected chi connectivity index (χ1v) is 12.6. The van der Waals surface area contributed by atoms with Gasteiger partial charge in [-0.25, -0.2) is 9.37 Å². The number of nitrogens with one attached hydrogen (secondary N) is 3. The van der Waals surface area contributed by atoms with Crippen molar-refractivity contribution >= 4 is 33.5 Å². The Hall–Kier alpha value is -5.12. The minimum absolute atomic E-state index is 0.0287. The van der Waals surface area contributed by atoms with Gasteiger partial charge < -0.3 is 15.4 Å². The third-order valence-electron chi connectivity index (χ3n) is 7.21. The monoisotopic (exact) mass is 519 g/mol. The summed E-state index contributed by atoms with van der Waals surface area (Å²) in [5, 5.41) is 22.0. The van der Waals surface area contributed by atoms with Crippen LogP contribution in [0.15, 0.2) is 67.3 Å². The van der Waals surface area contributed by atoms with Crippen molar-refractivity contribution in [3.8, 4) is 39.5 Å². The second-order valence-electron chi connectivity index (χ2n) is 9.77. The molecule has 0 bridgehead atoms. The van der Waals surface area contributed by atoms with E-state index in [0.29, 0.717) is 34.0 Å². The van der Waals surface area contributed by atoms with Crippen molar-refractivity contribution in [1.82, 2.24) is 30.1 Å². The van der Waals surface area contributed by atoms with Gasteiger partial charge in [-0.3, -0.25) is 19.9 Å². The van der Waals surface area contributed by atoms with Gasteiger partial charge >= 0.3 is 0 Å². The molecule has 39 heavy (non-hydrogen) atoms. The smallest absolute Gasteiger partial charge is 0.227 e. The molecule has 5 heterocycles. The van der Waals surface area contributed by atoms with Gasteiger partial charge in [-0.05, 0) is 60.4 Å². The van der Waals surface area contributed by atoms with Crippen LogP contribution in [-0.2, 0) is 4.79 Å². The molecule has 0 aliphatic heterocycles. The Balaban J connectivity index is 1.27. The molecule has 7 rings (SSSR count). The number of anilines is 1. The summed E-state index contributed by atoms with van der Waals surface area (Å²) in [4.78, 5) is 29.0. The number of pyridine rings is 3. The van der Waals surface area contributed by atoms with Gasteiger partial charge in [0.1, 0.15) is 22.9 Å². The zero-order valence-electron chi connectivity index (χ0n) is 20.6. The maximum absolute atomic E-state index is 14.0. The van der Waals surface area contributed by atoms with Crippen LogP contribution in [0.2, 0.25) is 0 Å². The van der Waals surface area contributed by atoms with E-state index >= 15 is 0 Å². The number of rotatable bonds is 5. The van der Waals surface area contributed by atoms with Crippen LogP contribution in [0.1, 0.15) is 19.3 Å². The first-order valence-electron chi connectivity index (χ1n) is 12.6. The van der Waals surface area contributed by atoms with Crippen LogP contribution in [0, 0.1) is 11.7 Å². The Kier molecular flexibility index (Phi) is 5.32. The Bertz CT molecular complexity index is 1870. The molecule has 6 aromatic rings. The fourth-order valence-corrected chi connectivity index (χ4v) is 4.98. The number of carbonyl (C=O) groups excluding carboxylic acids is 1. The second-order valence-corrected chi connectivity index (χ2v) is 9.77. The molecule has 1 fully saturated rings. The van der Waals surface area contributed by atoms with Gasteiger partial charge in [0.25, 0.3) is 0 Å². The number of halogens is 1. The Morgan fingerprint density at radius 1 is 1.00 bits per heavy atom. The van der Waals surface area contributed by atoms with Crippen molar-refractivity contribution in [1.29, 1.82) is 0 Å². The maximum Gasteiger partial charge on any atom is 0.227 e. The lowest BCUT2D eigenvalue weighted by molar-refractivity contribution is -0.122. The summed E-state index contributed by atoms with van der Waals surface area (Å²) in [5.41, 5.74) is 6.09. The Labute approximate surface area is 221 Å². The minimum Gasteiger partial charge on any atom is -0.508 e. The summed E-state index contributed by atoms with van der Waals surface area (Å²) < 4.78 is 14.0. The average Bonchev–Trinajstić information content (AvgIpc) is 3.50. The highest BCUT2D eigenvalue weighted by Gasteiger charge is 2.25. The van der Waals surface area contributed by atoms with Crippen molar-refractivity contribution in [2.45, 2.75) is 19.3 Å². The first kappa shape index (κ1) is 23.0. The quantitative estimate of drug-likeness (QED) is 0.227. The summed E-state index contributed by atoms with van der Waals surface area (Å²) in [6.07, 6.45) is 9.63. The summed E-state index contributed by atoms with van der Waals surface area (Å²) >= 11 is 0. The van der Waals surface area contributed by atoms with Crippen LogP contribution < -0.4 is 5.32 Å². The van der Waals surface area contributed by atoms with Crippen molar-refractivity contribution in [3.05, 3.63) is 73.1 Å². The van der Waals surface area contributed by atoms with Crippen LogP contribution >= 0.6 is 0 Å². The zero-order chi connectivity index (χ0) is 26.5. The lowest BCUT2D eigenvalue weighted by Crippen LogP contribution is -2.28. The molecule has 1 aliphatic rings. The van der Waals surface area contributed by atoms with Crippen LogP contribution in [0.3, 0.4) is 0 Å². The number of benzene rings is 1. The van der Waals surface area contributed by atoms with Gasteiger partial charge in [-0.1, -0.05) is 6.42 Å². The van der Waals surface area contributed by atoms with Crippen molar-refractivity contribution < 1.29 is 14.3 Å². The molecule has 0 atom stereocenters. The number of phenols is 1. The van der Waals surface area contributed by atoms with E-state index in [1.165, 1.54) is 12.1 Å². The molecule has 9 nitrogen and oxygen atoms in total. The van der Waals surface area contributed by atoms with E-state index in [0.717, 1.165) is 52.7 Å². The van der Waals surface area contributed by atoms with Crippen molar-refractivity contribution in [2.24, 2.45) is 5.92 Å². The lowest BCUT2D eigenvalue weighted by atomic mass is 9.85. The van der Waals surface area contributed by atoms with Crippen LogP contribution in [0.5, 0.6) is 5.75 Å². The van der Waals surface area contributed by atoms with Gasteiger partial charge in [-0.2, -0.15) is 5.10 Å². The number of H-pyrrole nitrogens is 2. The Morgan fingerprint density at radius 3 is 2.72 bits per heavy atom. The Morgan fingerprint density at radius 2 is 1.90 bits per heavy atom. The van der Waals surface area contributed by atoms with E-state index in [-0.39, 0.29) is 17.6 Å². The number of carbonyl (C=O) groups is 1. The van der Waals surface area contributed by atoms with Gasteiger partial charge in [0.15, 0.2) is 0 Å². The van der Waals surface area contributed by atoms with Crippen LogP contribution in [0.25, 0.3) is 55.7 Å². The molecular formula is C29H22FN7O2. The van der Waals surface area contributed by atoms with Crippen LogP contribution in [-0.4, -0.2) is 41.1 Å². The van der Waals surface area contributed by atoms with E-state index in [1.807, 2.05) is 18.2 Å². The second kappa shape index (κ2) is 9.02. The minimum atomic E-state index is -0.523. The number of amides is 1. The predicted octanol–water partition coefficient (Wildman–Crippen LogP) is 5.81. The van der Waals surface area contributed by atoms with E-state index in [2.05, 4.69) is 35.5 Å². The molecular weight excluding hydrogens is 497 g/mol. The molecule has 1 saturated carbocycles.